The molecule has 0 aliphatic rings. The van der Waals surface area contributed by atoms with Crippen LogP contribution in [0.2, 0.25) is 0 Å². The van der Waals surface area contributed by atoms with Crippen molar-refractivity contribution in [2.75, 3.05) is 7.11 Å². The Bertz CT molecular complexity index is 1170. The van der Waals surface area contributed by atoms with Crippen molar-refractivity contribution in [1.29, 1.82) is 0 Å². The lowest BCUT2D eigenvalue weighted by Crippen LogP contribution is -2.22. The van der Waals surface area contributed by atoms with E-state index in [0.29, 0.717) is 46.4 Å². The zero-order valence-electron chi connectivity index (χ0n) is 17.1. The number of hydrogen-bond acceptors (Lipinski definition) is 5. The first-order chi connectivity index (χ1) is 14.5. The molecule has 3 rings (SSSR count). The van der Waals surface area contributed by atoms with Crippen molar-refractivity contribution in [3.05, 3.63) is 74.8 Å². The Morgan fingerprint density at radius 1 is 1.33 bits per heavy atom. The molecule has 1 N–H and O–H groups in total. The van der Waals surface area contributed by atoms with Crippen LogP contribution in [0, 0.1) is 0 Å². The van der Waals surface area contributed by atoms with Gasteiger partial charge in [-0.3, -0.25) is 4.79 Å². The predicted molar refractivity (Wildman–Crippen MR) is 124 cm³/mol. The number of aromatic nitrogens is 2. The standard InChI is InChI=1S/C23H24BrN3O3/c1-4-6-8-21-26-19-10-9-17(24)13-18(19)23(29)27(21)25-14-15-11-16(7-5-2)22(28)20(12-15)30-3/h5,9-14,28H,2,4,6-8H2,1,3H3. The highest BCUT2D eigenvalue weighted by Crippen LogP contribution is 2.31. The van der Waals surface area contributed by atoms with E-state index in [-0.39, 0.29) is 11.3 Å². The molecular weight excluding hydrogens is 446 g/mol. The third-order valence-electron chi connectivity index (χ3n) is 4.71. The van der Waals surface area contributed by atoms with Crippen LogP contribution in [-0.4, -0.2) is 28.1 Å². The summed E-state index contributed by atoms with van der Waals surface area (Å²) >= 11 is 3.41. The second kappa shape index (κ2) is 9.71. The van der Waals surface area contributed by atoms with Crippen LogP contribution in [0.1, 0.15) is 36.7 Å². The summed E-state index contributed by atoms with van der Waals surface area (Å²) in [5.74, 6) is 1.03. The lowest BCUT2D eigenvalue weighted by atomic mass is 10.1. The van der Waals surface area contributed by atoms with Gasteiger partial charge in [0.05, 0.1) is 24.2 Å². The van der Waals surface area contributed by atoms with Crippen molar-refractivity contribution in [1.82, 2.24) is 9.66 Å². The van der Waals surface area contributed by atoms with Crippen molar-refractivity contribution in [3.8, 4) is 11.5 Å². The Balaban J connectivity index is 2.13. The summed E-state index contributed by atoms with van der Waals surface area (Å²) in [5.41, 5.74) is 1.80. The first-order valence-corrected chi connectivity index (χ1v) is 10.5. The number of phenolic OH excluding ortho intramolecular Hbond substituents is 1. The zero-order chi connectivity index (χ0) is 21.7. The van der Waals surface area contributed by atoms with E-state index in [1.807, 2.05) is 12.1 Å². The number of nitrogens with zero attached hydrogens (tertiary/aromatic N) is 3. The number of fused-ring (bicyclic) bond motifs is 1. The molecule has 0 aliphatic heterocycles. The van der Waals surface area contributed by atoms with Gasteiger partial charge < -0.3 is 9.84 Å². The summed E-state index contributed by atoms with van der Waals surface area (Å²) in [5, 5.41) is 15.2. The number of ether oxygens (including phenoxy) is 1. The van der Waals surface area contributed by atoms with E-state index >= 15 is 0 Å². The monoisotopic (exact) mass is 469 g/mol. The summed E-state index contributed by atoms with van der Waals surface area (Å²) < 4.78 is 7.43. The van der Waals surface area contributed by atoms with Gasteiger partial charge >= 0.3 is 0 Å². The maximum Gasteiger partial charge on any atom is 0.282 e. The molecule has 0 unspecified atom stereocenters. The van der Waals surface area contributed by atoms with Gasteiger partial charge in [0, 0.05) is 16.5 Å². The van der Waals surface area contributed by atoms with E-state index in [1.165, 1.54) is 11.8 Å². The second-order valence-electron chi connectivity index (χ2n) is 6.88. The zero-order valence-corrected chi connectivity index (χ0v) is 18.6. The highest BCUT2D eigenvalue weighted by molar-refractivity contribution is 9.10. The highest BCUT2D eigenvalue weighted by atomic mass is 79.9. The molecule has 1 aromatic heterocycles. The van der Waals surface area contributed by atoms with Crippen LogP contribution >= 0.6 is 15.9 Å². The SMILES string of the molecule is C=CCc1cc(C=Nn2c(CCCC)nc3ccc(Br)cc3c2=O)cc(OC)c1O. The maximum atomic E-state index is 13.1. The molecule has 0 saturated heterocycles. The average molecular weight is 470 g/mol. The van der Waals surface area contributed by atoms with Gasteiger partial charge in [-0.05, 0) is 48.7 Å². The number of rotatable bonds is 8. The lowest BCUT2D eigenvalue weighted by Gasteiger charge is -2.11. The lowest BCUT2D eigenvalue weighted by molar-refractivity contribution is 0.371. The van der Waals surface area contributed by atoms with Gasteiger partial charge in [-0.1, -0.05) is 35.4 Å². The topological polar surface area (TPSA) is 76.7 Å². The van der Waals surface area contributed by atoms with Crippen LogP contribution in [0.4, 0.5) is 0 Å². The van der Waals surface area contributed by atoms with Crippen LogP contribution in [-0.2, 0) is 12.8 Å². The summed E-state index contributed by atoms with van der Waals surface area (Å²) in [6.45, 7) is 5.81. The third-order valence-corrected chi connectivity index (χ3v) is 5.21. The Morgan fingerprint density at radius 3 is 2.83 bits per heavy atom. The fourth-order valence-corrected chi connectivity index (χ4v) is 3.53. The quantitative estimate of drug-likeness (QED) is 0.378. The molecule has 0 bridgehead atoms. The van der Waals surface area contributed by atoms with E-state index in [0.717, 1.165) is 17.3 Å². The van der Waals surface area contributed by atoms with Gasteiger partial charge in [0.15, 0.2) is 11.5 Å². The minimum absolute atomic E-state index is 0.0765. The molecule has 156 valence electrons. The molecule has 7 heteroatoms. The van der Waals surface area contributed by atoms with Crippen LogP contribution < -0.4 is 10.3 Å². The van der Waals surface area contributed by atoms with Crippen LogP contribution in [0.25, 0.3) is 10.9 Å². The Kier molecular flexibility index (Phi) is 7.05. The fourth-order valence-electron chi connectivity index (χ4n) is 3.17. The Morgan fingerprint density at radius 2 is 2.13 bits per heavy atom. The highest BCUT2D eigenvalue weighted by Gasteiger charge is 2.12. The number of hydrogen-bond donors (Lipinski definition) is 1. The molecule has 0 aliphatic carbocycles. The first-order valence-electron chi connectivity index (χ1n) is 9.74. The normalized spacial score (nSPS) is 11.3. The van der Waals surface area contributed by atoms with Crippen molar-refractivity contribution >= 4 is 33.0 Å². The molecular formula is C23H24BrN3O3. The molecule has 0 radical (unpaired) electrons. The minimum atomic E-state index is -0.222. The Labute approximate surface area is 183 Å². The minimum Gasteiger partial charge on any atom is -0.504 e. The fraction of sp³-hybridized carbons (Fsp3) is 0.261. The van der Waals surface area contributed by atoms with E-state index in [4.69, 9.17) is 4.74 Å². The Hall–Kier alpha value is -2.93. The number of phenols is 1. The van der Waals surface area contributed by atoms with Crippen molar-refractivity contribution in [3.63, 3.8) is 0 Å². The van der Waals surface area contributed by atoms with Gasteiger partial charge in [0.2, 0.25) is 0 Å². The van der Waals surface area contributed by atoms with E-state index in [9.17, 15) is 9.90 Å². The summed E-state index contributed by atoms with van der Waals surface area (Å²) in [7, 11) is 1.49. The number of unbranched alkanes of at least 4 members (excludes halogenated alkanes) is 1. The molecule has 30 heavy (non-hydrogen) atoms. The number of aryl methyl sites for hydroxylation is 1. The number of halogens is 1. The first kappa shape index (κ1) is 21.8. The molecule has 1 heterocycles. The van der Waals surface area contributed by atoms with Crippen LogP contribution in [0.5, 0.6) is 11.5 Å². The van der Waals surface area contributed by atoms with Crippen molar-refractivity contribution in [2.45, 2.75) is 32.6 Å². The molecule has 6 nitrogen and oxygen atoms in total. The van der Waals surface area contributed by atoms with Crippen molar-refractivity contribution in [2.24, 2.45) is 5.10 Å². The van der Waals surface area contributed by atoms with E-state index < -0.39 is 0 Å². The van der Waals surface area contributed by atoms with Gasteiger partial charge in [-0.15, -0.1) is 6.58 Å². The predicted octanol–water partition coefficient (Wildman–Crippen LogP) is 4.83. The van der Waals surface area contributed by atoms with E-state index in [1.54, 1.807) is 30.5 Å². The summed E-state index contributed by atoms with van der Waals surface area (Å²) in [6.07, 6.45) is 6.30. The summed E-state index contributed by atoms with van der Waals surface area (Å²) in [6, 6.07) is 8.93. The molecule has 0 amide bonds. The molecule has 0 atom stereocenters. The third kappa shape index (κ3) is 4.62. The van der Waals surface area contributed by atoms with Gasteiger partial charge in [0.1, 0.15) is 5.82 Å². The van der Waals surface area contributed by atoms with Gasteiger partial charge in [0.25, 0.3) is 5.56 Å². The van der Waals surface area contributed by atoms with Crippen molar-refractivity contribution < 1.29 is 9.84 Å². The number of aromatic hydroxyl groups is 1. The van der Waals surface area contributed by atoms with Gasteiger partial charge in [-0.25, -0.2) is 4.98 Å². The number of benzene rings is 2. The van der Waals surface area contributed by atoms with Gasteiger partial charge in [-0.2, -0.15) is 9.78 Å². The second-order valence-corrected chi connectivity index (χ2v) is 7.79. The summed E-state index contributed by atoms with van der Waals surface area (Å²) in [4.78, 5) is 17.8. The van der Waals surface area contributed by atoms with E-state index in [2.05, 4.69) is 39.5 Å². The van der Waals surface area contributed by atoms with Crippen LogP contribution in [0.15, 0.2) is 57.4 Å². The molecule has 2 aromatic carbocycles. The molecule has 0 fully saturated rings. The number of methoxy groups -OCH3 is 1. The molecule has 3 aromatic rings. The van der Waals surface area contributed by atoms with Crippen LogP contribution in [0.3, 0.4) is 0 Å². The maximum absolute atomic E-state index is 13.1. The smallest absolute Gasteiger partial charge is 0.282 e. The average Bonchev–Trinajstić information content (AvgIpc) is 2.74. The number of allylic oxidation sites excluding steroid dienone is 1. The molecule has 0 spiro atoms. The largest absolute Gasteiger partial charge is 0.504 e. The molecule has 0 saturated carbocycles.